The molecule has 1 heterocycles. The summed E-state index contributed by atoms with van der Waals surface area (Å²) in [4.78, 5) is 0.715. The second-order valence-corrected chi connectivity index (χ2v) is 9.87. The van der Waals surface area contributed by atoms with E-state index in [9.17, 15) is 16.8 Å². The highest BCUT2D eigenvalue weighted by Crippen LogP contribution is 2.29. The molecule has 21 heavy (non-hydrogen) atoms. The molecule has 114 valence electrons. The third-order valence-electron chi connectivity index (χ3n) is 2.65. The van der Waals surface area contributed by atoms with Gasteiger partial charge in [0.2, 0.25) is 10.0 Å². The molecule has 0 amide bonds. The molecule has 0 saturated heterocycles. The van der Waals surface area contributed by atoms with Crippen LogP contribution in [0.25, 0.3) is 0 Å². The normalized spacial score (nSPS) is 14.0. The first-order chi connectivity index (χ1) is 9.70. The van der Waals surface area contributed by atoms with Gasteiger partial charge in [-0.1, -0.05) is 18.2 Å². The largest absolute Gasteiger partial charge is 0.270 e. The molecule has 0 fully saturated rings. The van der Waals surface area contributed by atoms with Gasteiger partial charge in [-0.05, 0) is 31.2 Å². The summed E-state index contributed by atoms with van der Waals surface area (Å²) < 4.78 is 49.3. The molecule has 2 rings (SSSR count). The Morgan fingerprint density at radius 1 is 1.05 bits per heavy atom. The highest BCUT2D eigenvalue weighted by atomic mass is 35.7. The van der Waals surface area contributed by atoms with Crippen molar-refractivity contribution in [1.82, 2.24) is 4.72 Å². The van der Waals surface area contributed by atoms with Gasteiger partial charge in [-0.25, -0.2) is 21.6 Å². The molecule has 0 saturated carbocycles. The molecule has 0 aliphatic heterocycles. The van der Waals surface area contributed by atoms with E-state index < -0.39 is 25.1 Å². The Hall–Kier alpha value is -0.930. The van der Waals surface area contributed by atoms with Gasteiger partial charge in [0.25, 0.3) is 9.05 Å². The molecule has 1 atom stereocenters. The van der Waals surface area contributed by atoms with Gasteiger partial charge in [0, 0.05) is 15.6 Å². The number of halogens is 1. The molecule has 0 bridgehead atoms. The van der Waals surface area contributed by atoms with Crippen LogP contribution >= 0.6 is 22.0 Å². The van der Waals surface area contributed by atoms with E-state index in [1.165, 1.54) is 24.3 Å². The van der Waals surface area contributed by atoms with Gasteiger partial charge >= 0.3 is 0 Å². The number of sulfonamides is 1. The SMILES string of the molecule is CC(NS(=O)(=O)c1ccccc1)c1ccc(S(=O)(=O)Cl)s1. The van der Waals surface area contributed by atoms with Crippen molar-refractivity contribution in [3.8, 4) is 0 Å². The molecular weight excluding hydrogens is 354 g/mol. The van der Waals surface area contributed by atoms with Crippen LogP contribution in [0.5, 0.6) is 0 Å². The van der Waals surface area contributed by atoms with Gasteiger partial charge in [-0.15, -0.1) is 11.3 Å². The lowest BCUT2D eigenvalue weighted by atomic mass is 10.3. The van der Waals surface area contributed by atoms with Gasteiger partial charge in [-0.2, -0.15) is 0 Å². The Morgan fingerprint density at radius 3 is 2.19 bits per heavy atom. The van der Waals surface area contributed by atoms with E-state index in [0.29, 0.717) is 4.88 Å². The highest BCUT2D eigenvalue weighted by Gasteiger charge is 2.21. The first-order valence-corrected chi connectivity index (χ1v) is 10.4. The quantitative estimate of drug-likeness (QED) is 0.826. The molecule has 0 aliphatic rings. The lowest BCUT2D eigenvalue weighted by Crippen LogP contribution is -2.26. The van der Waals surface area contributed by atoms with Crippen molar-refractivity contribution in [2.75, 3.05) is 0 Å². The fourth-order valence-corrected chi connectivity index (χ4v) is 5.07. The van der Waals surface area contributed by atoms with Crippen molar-refractivity contribution in [3.05, 3.63) is 47.3 Å². The van der Waals surface area contributed by atoms with Crippen LogP contribution in [0, 0.1) is 0 Å². The molecule has 0 aliphatic carbocycles. The molecule has 1 unspecified atom stereocenters. The Balaban J connectivity index is 2.22. The lowest BCUT2D eigenvalue weighted by Gasteiger charge is -2.12. The Morgan fingerprint density at radius 2 is 1.67 bits per heavy atom. The Kier molecular flexibility index (Phi) is 4.74. The zero-order valence-electron chi connectivity index (χ0n) is 10.9. The molecule has 5 nitrogen and oxygen atoms in total. The zero-order valence-corrected chi connectivity index (χ0v) is 14.1. The van der Waals surface area contributed by atoms with Crippen LogP contribution in [0.3, 0.4) is 0 Å². The minimum atomic E-state index is -3.80. The maximum Gasteiger partial charge on any atom is 0.270 e. The van der Waals surface area contributed by atoms with E-state index in [1.807, 2.05) is 0 Å². The van der Waals surface area contributed by atoms with E-state index in [2.05, 4.69) is 4.72 Å². The van der Waals surface area contributed by atoms with Crippen LogP contribution < -0.4 is 4.72 Å². The smallest absolute Gasteiger partial charge is 0.207 e. The molecular formula is C12H12ClNO4S3. The van der Waals surface area contributed by atoms with Crippen molar-refractivity contribution in [2.24, 2.45) is 0 Å². The summed E-state index contributed by atoms with van der Waals surface area (Å²) >= 11 is 0.937. The topological polar surface area (TPSA) is 80.3 Å². The van der Waals surface area contributed by atoms with Crippen LogP contribution in [0.1, 0.15) is 17.8 Å². The Labute approximate surface area is 132 Å². The maximum absolute atomic E-state index is 12.2. The second kappa shape index (κ2) is 6.05. The predicted octanol–water partition coefficient (Wildman–Crippen LogP) is 2.72. The highest BCUT2D eigenvalue weighted by molar-refractivity contribution is 8.15. The average molecular weight is 366 g/mol. The summed E-state index contributed by atoms with van der Waals surface area (Å²) in [5.74, 6) is 0. The molecule has 2 aromatic rings. The first-order valence-electron chi connectivity index (χ1n) is 5.82. The van der Waals surface area contributed by atoms with E-state index in [1.54, 1.807) is 25.1 Å². The Bertz CT molecular complexity index is 828. The van der Waals surface area contributed by atoms with Crippen LogP contribution in [-0.4, -0.2) is 16.8 Å². The molecule has 1 N–H and O–H groups in total. The van der Waals surface area contributed by atoms with E-state index >= 15 is 0 Å². The van der Waals surface area contributed by atoms with E-state index in [4.69, 9.17) is 10.7 Å². The van der Waals surface area contributed by atoms with Crippen LogP contribution in [0.4, 0.5) is 0 Å². The zero-order chi connectivity index (χ0) is 15.7. The summed E-state index contributed by atoms with van der Waals surface area (Å²) in [6.45, 7) is 1.64. The average Bonchev–Trinajstić information content (AvgIpc) is 2.89. The standard InChI is InChI=1S/C12H12ClNO4S3/c1-9(11-7-8-12(19-11)20(13,15)16)14-21(17,18)10-5-3-2-4-6-10/h2-9,14H,1H3. The van der Waals surface area contributed by atoms with Gasteiger partial charge in [0.1, 0.15) is 4.21 Å². The second-order valence-electron chi connectivity index (χ2n) is 4.25. The number of hydrogen-bond donors (Lipinski definition) is 1. The number of thiophene rings is 1. The number of hydrogen-bond acceptors (Lipinski definition) is 5. The summed E-state index contributed by atoms with van der Waals surface area (Å²) in [5, 5.41) is 0. The fourth-order valence-electron chi connectivity index (χ4n) is 1.66. The van der Waals surface area contributed by atoms with E-state index in [-0.39, 0.29) is 9.10 Å². The summed E-state index contributed by atoms with van der Waals surface area (Å²) in [6, 6.07) is 10.3. The summed E-state index contributed by atoms with van der Waals surface area (Å²) in [5.41, 5.74) is 0. The molecule has 0 spiro atoms. The van der Waals surface area contributed by atoms with Crippen molar-refractivity contribution in [1.29, 1.82) is 0 Å². The first kappa shape index (κ1) is 16.4. The van der Waals surface area contributed by atoms with Crippen LogP contribution in [0.15, 0.2) is 51.6 Å². The molecule has 1 aromatic heterocycles. The number of benzene rings is 1. The molecule has 1 aromatic carbocycles. The summed E-state index contributed by atoms with van der Waals surface area (Å²) in [6.07, 6.45) is 0. The third kappa shape index (κ3) is 4.04. The van der Waals surface area contributed by atoms with Gasteiger partial charge in [-0.3, -0.25) is 0 Å². The van der Waals surface area contributed by atoms with Gasteiger partial charge < -0.3 is 0 Å². The van der Waals surface area contributed by atoms with Crippen LogP contribution in [0.2, 0.25) is 0 Å². The minimum Gasteiger partial charge on any atom is -0.207 e. The number of rotatable bonds is 5. The maximum atomic E-state index is 12.2. The number of nitrogens with one attached hydrogen (secondary N) is 1. The monoisotopic (exact) mass is 365 g/mol. The van der Waals surface area contributed by atoms with Crippen molar-refractivity contribution in [3.63, 3.8) is 0 Å². The van der Waals surface area contributed by atoms with Crippen molar-refractivity contribution >= 4 is 41.1 Å². The molecule has 0 radical (unpaired) electrons. The van der Waals surface area contributed by atoms with E-state index in [0.717, 1.165) is 11.3 Å². The predicted molar refractivity (Wildman–Crippen MR) is 82.5 cm³/mol. The lowest BCUT2D eigenvalue weighted by molar-refractivity contribution is 0.568. The minimum absolute atomic E-state index is 0.00933. The fraction of sp³-hybridized carbons (Fsp3) is 0.167. The van der Waals surface area contributed by atoms with Gasteiger partial charge in [0.05, 0.1) is 10.9 Å². The van der Waals surface area contributed by atoms with Crippen LogP contribution in [-0.2, 0) is 19.1 Å². The molecule has 9 heteroatoms. The van der Waals surface area contributed by atoms with Crippen molar-refractivity contribution in [2.45, 2.75) is 22.1 Å². The summed E-state index contributed by atoms with van der Waals surface area (Å²) in [7, 11) is -2.21. The third-order valence-corrected chi connectivity index (χ3v) is 7.57. The van der Waals surface area contributed by atoms with Crippen molar-refractivity contribution < 1.29 is 16.8 Å². The van der Waals surface area contributed by atoms with Gasteiger partial charge in [0.15, 0.2) is 0 Å².